The molecule has 1 saturated carbocycles. The molecule has 76 valence electrons. The standard InChI is InChI=1S/C12H22O/c1-3-5-7-12(8-6-4-2)9-11(13)10-12/h3-10H2,1-2H3. The zero-order chi connectivity index (χ0) is 9.73. The summed E-state index contributed by atoms with van der Waals surface area (Å²) in [5.41, 5.74) is 0.448. The zero-order valence-electron chi connectivity index (χ0n) is 9.07. The molecule has 1 aliphatic rings. The van der Waals surface area contributed by atoms with E-state index in [2.05, 4.69) is 13.8 Å². The first kappa shape index (κ1) is 10.7. The fourth-order valence-electron chi connectivity index (χ4n) is 2.37. The number of hydrogen-bond acceptors (Lipinski definition) is 1. The molecule has 1 heteroatoms. The van der Waals surface area contributed by atoms with E-state index in [1.54, 1.807) is 0 Å². The third kappa shape index (κ3) is 2.82. The maximum Gasteiger partial charge on any atom is 0.134 e. The van der Waals surface area contributed by atoms with Gasteiger partial charge in [0.05, 0.1) is 0 Å². The summed E-state index contributed by atoms with van der Waals surface area (Å²) in [6, 6.07) is 0. The van der Waals surface area contributed by atoms with E-state index in [0.717, 1.165) is 12.8 Å². The van der Waals surface area contributed by atoms with Crippen molar-refractivity contribution in [2.45, 2.75) is 65.2 Å². The first-order chi connectivity index (χ1) is 6.22. The first-order valence-corrected chi connectivity index (χ1v) is 5.74. The lowest BCUT2D eigenvalue weighted by Crippen LogP contribution is -2.37. The number of hydrogen-bond donors (Lipinski definition) is 0. The molecule has 0 aromatic rings. The van der Waals surface area contributed by atoms with Crippen molar-refractivity contribution < 1.29 is 4.79 Å². The number of rotatable bonds is 6. The minimum atomic E-state index is 0.448. The van der Waals surface area contributed by atoms with Gasteiger partial charge in [0.1, 0.15) is 5.78 Å². The Morgan fingerprint density at radius 3 is 1.85 bits per heavy atom. The van der Waals surface area contributed by atoms with Crippen LogP contribution in [0.4, 0.5) is 0 Å². The second-order valence-corrected chi connectivity index (χ2v) is 4.60. The van der Waals surface area contributed by atoms with E-state index in [-0.39, 0.29) is 0 Å². The molecule has 13 heavy (non-hydrogen) atoms. The van der Waals surface area contributed by atoms with Crippen molar-refractivity contribution in [2.75, 3.05) is 0 Å². The highest BCUT2D eigenvalue weighted by Crippen LogP contribution is 2.46. The average Bonchev–Trinajstić information content (AvgIpc) is 2.08. The SMILES string of the molecule is CCCCC1(CCCC)CC(=O)C1. The topological polar surface area (TPSA) is 17.1 Å². The Labute approximate surface area is 81.9 Å². The Morgan fingerprint density at radius 1 is 1.08 bits per heavy atom. The smallest absolute Gasteiger partial charge is 0.134 e. The Balaban J connectivity index is 2.31. The van der Waals surface area contributed by atoms with Gasteiger partial charge in [0.15, 0.2) is 0 Å². The van der Waals surface area contributed by atoms with Crippen molar-refractivity contribution in [3.63, 3.8) is 0 Å². The van der Waals surface area contributed by atoms with E-state index in [4.69, 9.17) is 0 Å². The van der Waals surface area contributed by atoms with Crippen molar-refractivity contribution >= 4 is 5.78 Å². The molecule has 0 atom stereocenters. The van der Waals surface area contributed by atoms with Crippen LogP contribution in [0, 0.1) is 5.41 Å². The second kappa shape index (κ2) is 4.78. The predicted molar refractivity (Wildman–Crippen MR) is 55.7 cm³/mol. The number of ketones is 1. The Kier molecular flexibility index (Phi) is 3.95. The van der Waals surface area contributed by atoms with Crippen molar-refractivity contribution in [3.05, 3.63) is 0 Å². The molecule has 0 amide bonds. The van der Waals surface area contributed by atoms with Crippen molar-refractivity contribution in [3.8, 4) is 0 Å². The Bertz CT molecular complexity index is 154. The summed E-state index contributed by atoms with van der Waals surface area (Å²) in [6.45, 7) is 4.46. The molecule has 0 saturated heterocycles. The first-order valence-electron chi connectivity index (χ1n) is 5.74. The molecule has 1 nitrogen and oxygen atoms in total. The average molecular weight is 182 g/mol. The number of Topliss-reactive ketones (excluding diaryl/α,β-unsaturated/α-hetero) is 1. The minimum Gasteiger partial charge on any atom is -0.300 e. The van der Waals surface area contributed by atoms with Gasteiger partial charge in [-0.25, -0.2) is 0 Å². The summed E-state index contributed by atoms with van der Waals surface area (Å²) < 4.78 is 0. The van der Waals surface area contributed by atoms with E-state index in [1.807, 2.05) is 0 Å². The second-order valence-electron chi connectivity index (χ2n) is 4.60. The molecular formula is C12H22O. The summed E-state index contributed by atoms with van der Waals surface area (Å²) in [5, 5.41) is 0. The van der Waals surface area contributed by atoms with E-state index in [9.17, 15) is 4.79 Å². The van der Waals surface area contributed by atoms with Crippen LogP contribution in [-0.2, 0) is 4.79 Å². The van der Waals surface area contributed by atoms with Crippen LogP contribution in [0.3, 0.4) is 0 Å². The quantitative estimate of drug-likeness (QED) is 0.612. The molecular weight excluding hydrogens is 160 g/mol. The van der Waals surface area contributed by atoms with Gasteiger partial charge in [-0.2, -0.15) is 0 Å². The summed E-state index contributed by atoms with van der Waals surface area (Å²) in [7, 11) is 0. The maximum atomic E-state index is 11.0. The lowest BCUT2D eigenvalue weighted by atomic mass is 9.62. The van der Waals surface area contributed by atoms with Gasteiger partial charge in [0.25, 0.3) is 0 Å². The molecule has 0 aromatic heterocycles. The van der Waals surface area contributed by atoms with E-state index >= 15 is 0 Å². The van der Waals surface area contributed by atoms with E-state index < -0.39 is 0 Å². The largest absolute Gasteiger partial charge is 0.300 e. The van der Waals surface area contributed by atoms with Crippen LogP contribution in [0.15, 0.2) is 0 Å². The molecule has 0 bridgehead atoms. The van der Waals surface area contributed by atoms with Crippen molar-refractivity contribution in [2.24, 2.45) is 5.41 Å². The third-order valence-electron chi connectivity index (χ3n) is 3.27. The van der Waals surface area contributed by atoms with Crippen molar-refractivity contribution in [1.29, 1.82) is 0 Å². The summed E-state index contributed by atoms with van der Waals surface area (Å²) >= 11 is 0. The van der Waals surface area contributed by atoms with Crippen LogP contribution in [-0.4, -0.2) is 5.78 Å². The molecule has 0 aromatic carbocycles. The molecule has 0 N–H and O–H groups in total. The van der Waals surface area contributed by atoms with E-state index in [0.29, 0.717) is 11.2 Å². The molecule has 0 spiro atoms. The fraction of sp³-hybridized carbons (Fsp3) is 0.917. The summed E-state index contributed by atoms with van der Waals surface area (Å²) in [5.74, 6) is 0.493. The lowest BCUT2D eigenvalue weighted by Gasteiger charge is -2.41. The zero-order valence-corrected chi connectivity index (χ0v) is 9.07. The van der Waals surface area contributed by atoms with Crippen LogP contribution in [0.5, 0.6) is 0 Å². The van der Waals surface area contributed by atoms with Gasteiger partial charge >= 0.3 is 0 Å². The number of carbonyl (C=O) groups is 1. The molecule has 0 aliphatic heterocycles. The summed E-state index contributed by atoms with van der Waals surface area (Å²) in [6.07, 6.45) is 9.47. The van der Waals surface area contributed by atoms with Gasteiger partial charge in [0.2, 0.25) is 0 Å². The number of carbonyl (C=O) groups excluding carboxylic acids is 1. The summed E-state index contributed by atoms with van der Waals surface area (Å²) in [4.78, 5) is 11.0. The van der Waals surface area contributed by atoms with Crippen LogP contribution < -0.4 is 0 Å². The molecule has 1 fully saturated rings. The monoisotopic (exact) mass is 182 g/mol. The highest BCUT2D eigenvalue weighted by atomic mass is 16.1. The molecule has 0 unspecified atom stereocenters. The molecule has 0 heterocycles. The normalized spacial score (nSPS) is 20.0. The van der Waals surface area contributed by atoms with Gasteiger partial charge in [-0.1, -0.05) is 39.5 Å². The maximum absolute atomic E-state index is 11.0. The molecule has 1 aliphatic carbocycles. The fourth-order valence-corrected chi connectivity index (χ4v) is 2.37. The van der Waals surface area contributed by atoms with Gasteiger partial charge < -0.3 is 0 Å². The minimum absolute atomic E-state index is 0.448. The Morgan fingerprint density at radius 2 is 1.54 bits per heavy atom. The highest BCUT2D eigenvalue weighted by molar-refractivity contribution is 5.86. The van der Waals surface area contributed by atoms with Crippen LogP contribution in [0.2, 0.25) is 0 Å². The van der Waals surface area contributed by atoms with Gasteiger partial charge in [0, 0.05) is 12.8 Å². The lowest BCUT2D eigenvalue weighted by molar-refractivity contribution is -0.133. The van der Waals surface area contributed by atoms with Crippen LogP contribution in [0.1, 0.15) is 65.2 Å². The molecule has 0 radical (unpaired) electrons. The predicted octanol–water partition coefficient (Wildman–Crippen LogP) is 3.72. The van der Waals surface area contributed by atoms with Crippen molar-refractivity contribution in [1.82, 2.24) is 0 Å². The third-order valence-corrected chi connectivity index (χ3v) is 3.27. The van der Waals surface area contributed by atoms with Gasteiger partial charge in [-0.05, 0) is 18.3 Å². The number of unbranched alkanes of at least 4 members (excludes halogenated alkanes) is 2. The molecule has 1 rings (SSSR count). The van der Waals surface area contributed by atoms with Gasteiger partial charge in [-0.15, -0.1) is 0 Å². The Hall–Kier alpha value is -0.330. The highest BCUT2D eigenvalue weighted by Gasteiger charge is 2.41. The van der Waals surface area contributed by atoms with E-state index in [1.165, 1.54) is 38.5 Å². The van der Waals surface area contributed by atoms with Gasteiger partial charge in [-0.3, -0.25) is 4.79 Å². The van der Waals surface area contributed by atoms with Crippen LogP contribution >= 0.6 is 0 Å². The van der Waals surface area contributed by atoms with Crippen LogP contribution in [0.25, 0.3) is 0 Å².